The van der Waals surface area contributed by atoms with Crippen LogP contribution in [0.3, 0.4) is 0 Å². The van der Waals surface area contributed by atoms with Crippen molar-refractivity contribution in [2.24, 2.45) is 0 Å². The first-order valence-electron chi connectivity index (χ1n) is 13.8. The molecule has 1 saturated heterocycles. The van der Waals surface area contributed by atoms with Crippen molar-refractivity contribution in [3.63, 3.8) is 0 Å². The standard InChI is InChI=1S/C34H28FN5O/c35-24-13-9-23(10-14-24)31-30-32(39-34(36)38-31)29-27(7-4-8-28(29)33(30)41)22-11-15-26(16-12-22)40-18-17-37-25(20-40)19-21-5-2-1-3-6-21/h1-16,25,37H,17-20H2,(H2,36,38,39). The minimum atomic E-state index is -0.361. The van der Waals surface area contributed by atoms with Crippen molar-refractivity contribution >= 4 is 17.4 Å². The predicted molar refractivity (Wildman–Crippen MR) is 160 cm³/mol. The zero-order valence-electron chi connectivity index (χ0n) is 22.3. The number of aromatic nitrogens is 2. The molecule has 0 spiro atoms. The first kappa shape index (κ1) is 25.1. The van der Waals surface area contributed by atoms with Crippen molar-refractivity contribution in [2.45, 2.75) is 12.5 Å². The highest BCUT2D eigenvalue weighted by Gasteiger charge is 2.34. The van der Waals surface area contributed by atoms with E-state index in [0.29, 0.717) is 34.1 Å². The number of nitrogens with two attached hydrogens (primary N) is 1. The third-order valence-corrected chi connectivity index (χ3v) is 7.94. The maximum absolute atomic E-state index is 13.7. The SMILES string of the molecule is Nc1nc(-c2ccc(F)cc2)c2c(n1)-c1c(cccc1-c1ccc(N3CCNC(Cc4ccccc4)C3)cc1)C2=O. The van der Waals surface area contributed by atoms with Crippen LogP contribution < -0.4 is 16.0 Å². The van der Waals surface area contributed by atoms with E-state index < -0.39 is 0 Å². The molecule has 1 aliphatic heterocycles. The van der Waals surface area contributed by atoms with Crippen LogP contribution in [0.1, 0.15) is 21.5 Å². The van der Waals surface area contributed by atoms with Gasteiger partial charge >= 0.3 is 0 Å². The van der Waals surface area contributed by atoms with Gasteiger partial charge in [0.05, 0.1) is 17.0 Å². The predicted octanol–water partition coefficient (Wildman–Crippen LogP) is 5.76. The van der Waals surface area contributed by atoms with E-state index >= 15 is 0 Å². The van der Waals surface area contributed by atoms with Crippen molar-refractivity contribution in [3.8, 4) is 33.6 Å². The zero-order valence-corrected chi connectivity index (χ0v) is 22.3. The summed E-state index contributed by atoms with van der Waals surface area (Å²) in [7, 11) is 0. The molecule has 1 aromatic heterocycles. The monoisotopic (exact) mass is 541 g/mol. The van der Waals surface area contributed by atoms with Gasteiger partial charge in [-0.25, -0.2) is 14.4 Å². The second kappa shape index (κ2) is 10.3. The van der Waals surface area contributed by atoms with Crippen LogP contribution in [0, 0.1) is 5.82 Å². The molecule has 202 valence electrons. The quantitative estimate of drug-likeness (QED) is 0.289. The van der Waals surface area contributed by atoms with Crippen LogP contribution in [0.5, 0.6) is 0 Å². The molecular weight excluding hydrogens is 513 g/mol. The summed E-state index contributed by atoms with van der Waals surface area (Å²) in [4.78, 5) is 25.0. The number of piperazine rings is 1. The molecule has 2 aliphatic rings. The Morgan fingerprint density at radius 2 is 1.51 bits per heavy atom. The Kier molecular flexibility index (Phi) is 6.29. The molecule has 0 bridgehead atoms. The molecule has 41 heavy (non-hydrogen) atoms. The van der Waals surface area contributed by atoms with Crippen LogP contribution in [-0.2, 0) is 6.42 Å². The van der Waals surface area contributed by atoms with Crippen LogP contribution in [0.4, 0.5) is 16.0 Å². The van der Waals surface area contributed by atoms with E-state index in [4.69, 9.17) is 5.73 Å². The molecule has 1 unspecified atom stereocenters. The number of halogens is 1. The fourth-order valence-electron chi connectivity index (χ4n) is 6.01. The van der Waals surface area contributed by atoms with E-state index in [1.165, 1.54) is 23.4 Å². The first-order chi connectivity index (χ1) is 20.0. The molecule has 2 heterocycles. The van der Waals surface area contributed by atoms with Gasteiger partial charge in [0.25, 0.3) is 0 Å². The summed E-state index contributed by atoms with van der Waals surface area (Å²) in [6.07, 6.45) is 0.990. The molecule has 5 aromatic rings. The summed E-state index contributed by atoms with van der Waals surface area (Å²) >= 11 is 0. The average molecular weight is 542 g/mol. The highest BCUT2D eigenvalue weighted by atomic mass is 19.1. The van der Waals surface area contributed by atoms with Crippen LogP contribution in [0.25, 0.3) is 33.6 Å². The topological polar surface area (TPSA) is 84.1 Å². The summed E-state index contributed by atoms with van der Waals surface area (Å²) in [5.41, 5.74) is 13.8. The van der Waals surface area contributed by atoms with E-state index in [2.05, 4.69) is 74.8 Å². The van der Waals surface area contributed by atoms with Crippen molar-refractivity contribution in [3.05, 3.63) is 120 Å². The van der Waals surface area contributed by atoms with Gasteiger partial charge in [0.2, 0.25) is 5.95 Å². The lowest BCUT2D eigenvalue weighted by Gasteiger charge is -2.35. The number of nitrogens with zero attached hydrogens (tertiary/aromatic N) is 3. The molecule has 0 radical (unpaired) electrons. The Morgan fingerprint density at radius 1 is 0.805 bits per heavy atom. The molecule has 7 rings (SSSR count). The van der Waals surface area contributed by atoms with Gasteiger partial charge in [0, 0.05) is 48.1 Å². The van der Waals surface area contributed by atoms with E-state index in [-0.39, 0.29) is 17.5 Å². The van der Waals surface area contributed by atoms with E-state index in [1.54, 1.807) is 12.1 Å². The summed E-state index contributed by atoms with van der Waals surface area (Å²) < 4.78 is 13.6. The van der Waals surface area contributed by atoms with Crippen LogP contribution in [0.15, 0.2) is 97.1 Å². The average Bonchev–Trinajstić information content (AvgIpc) is 3.29. The van der Waals surface area contributed by atoms with Gasteiger partial charge in [0.15, 0.2) is 5.78 Å². The van der Waals surface area contributed by atoms with E-state index in [0.717, 1.165) is 42.7 Å². The number of nitrogen functional groups attached to an aromatic ring is 1. The van der Waals surface area contributed by atoms with Gasteiger partial charge in [-0.1, -0.05) is 60.7 Å². The number of rotatable bonds is 5. The lowest BCUT2D eigenvalue weighted by atomic mass is 9.95. The molecule has 7 heteroatoms. The number of fused-ring (bicyclic) bond motifs is 3. The fraction of sp³-hybridized carbons (Fsp3) is 0.147. The number of anilines is 2. The maximum Gasteiger partial charge on any atom is 0.221 e. The molecule has 1 atom stereocenters. The van der Waals surface area contributed by atoms with Gasteiger partial charge in [-0.3, -0.25) is 4.79 Å². The van der Waals surface area contributed by atoms with Gasteiger partial charge in [-0.15, -0.1) is 0 Å². The van der Waals surface area contributed by atoms with Gasteiger partial charge in [-0.05, 0) is 59.5 Å². The first-order valence-corrected chi connectivity index (χ1v) is 13.8. The molecule has 1 fully saturated rings. The number of benzene rings is 4. The highest BCUT2D eigenvalue weighted by Crippen LogP contribution is 2.45. The number of nitrogens with one attached hydrogen (secondary N) is 1. The van der Waals surface area contributed by atoms with Crippen LogP contribution in [-0.4, -0.2) is 41.4 Å². The second-order valence-corrected chi connectivity index (χ2v) is 10.6. The molecule has 1 aliphatic carbocycles. The minimum absolute atomic E-state index is 0.0673. The second-order valence-electron chi connectivity index (χ2n) is 10.6. The lowest BCUT2D eigenvalue weighted by molar-refractivity contribution is 0.104. The number of carbonyl (C=O) groups is 1. The number of ketones is 1. The third-order valence-electron chi connectivity index (χ3n) is 7.94. The molecule has 0 saturated carbocycles. The van der Waals surface area contributed by atoms with Crippen LogP contribution >= 0.6 is 0 Å². The third kappa shape index (κ3) is 4.64. The molecular formula is C34H28FN5O. The summed E-state index contributed by atoms with van der Waals surface area (Å²) in [6, 6.07) is 31.1. The lowest BCUT2D eigenvalue weighted by Crippen LogP contribution is -2.51. The minimum Gasteiger partial charge on any atom is -0.369 e. The highest BCUT2D eigenvalue weighted by molar-refractivity contribution is 6.25. The molecule has 0 amide bonds. The summed E-state index contributed by atoms with van der Waals surface area (Å²) in [6.45, 7) is 2.80. The Balaban J connectivity index is 1.21. The Labute approximate surface area is 237 Å². The number of hydrogen-bond acceptors (Lipinski definition) is 6. The van der Waals surface area contributed by atoms with Gasteiger partial charge < -0.3 is 16.0 Å². The van der Waals surface area contributed by atoms with Crippen molar-refractivity contribution in [1.29, 1.82) is 0 Å². The van der Waals surface area contributed by atoms with E-state index in [9.17, 15) is 9.18 Å². The van der Waals surface area contributed by atoms with Gasteiger partial charge in [0.1, 0.15) is 5.82 Å². The van der Waals surface area contributed by atoms with Gasteiger partial charge in [-0.2, -0.15) is 0 Å². The van der Waals surface area contributed by atoms with Crippen molar-refractivity contribution in [2.75, 3.05) is 30.3 Å². The molecule has 6 nitrogen and oxygen atoms in total. The Bertz CT molecular complexity index is 1750. The maximum atomic E-state index is 13.7. The zero-order chi connectivity index (χ0) is 27.9. The largest absolute Gasteiger partial charge is 0.369 e. The van der Waals surface area contributed by atoms with Crippen LogP contribution in [0.2, 0.25) is 0 Å². The van der Waals surface area contributed by atoms with Crippen molar-refractivity contribution in [1.82, 2.24) is 15.3 Å². The summed E-state index contributed by atoms with van der Waals surface area (Å²) in [5.74, 6) is -0.448. The Hall–Kier alpha value is -4.88. The normalized spacial score (nSPS) is 16.0. The number of hydrogen-bond donors (Lipinski definition) is 2. The van der Waals surface area contributed by atoms with E-state index in [1.807, 2.05) is 18.2 Å². The fourth-order valence-corrected chi connectivity index (χ4v) is 6.01. The summed E-state index contributed by atoms with van der Waals surface area (Å²) in [5, 5.41) is 3.66. The smallest absolute Gasteiger partial charge is 0.221 e. The van der Waals surface area contributed by atoms with Crippen molar-refractivity contribution < 1.29 is 9.18 Å². The molecule has 3 N–H and O–H groups in total. The molecule has 4 aromatic carbocycles. The Morgan fingerprint density at radius 3 is 2.29 bits per heavy atom. The number of carbonyl (C=O) groups excluding carboxylic acids is 1.